The summed E-state index contributed by atoms with van der Waals surface area (Å²) in [5, 5.41) is 11.6. The number of hydrogen-bond donors (Lipinski definition) is 1. The van der Waals surface area contributed by atoms with E-state index in [2.05, 4.69) is 30.7 Å². The fraction of sp³-hybridized carbons (Fsp3) is 0. The summed E-state index contributed by atoms with van der Waals surface area (Å²) in [6, 6.07) is 4.81. The first-order valence-electron chi connectivity index (χ1n) is 6.53. The Morgan fingerprint density at radius 2 is 2.13 bits per heavy atom. The number of pyridine rings is 2. The van der Waals surface area contributed by atoms with E-state index in [1.165, 1.54) is 23.2 Å². The van der Waals surface area contributed by atoms with Gasteiger partial charge in [0.2, 0.25) is 0 Å². The zero-order valence-corrected chi connectivity index (χ0v) is 11.5. The van der Waals surface area contributed by atoms with E-state index < -0.39 is 11.5 Å². The smallest absolute Gasteiger partial charge is 0.267 e. The van der Waals surface area contributed by atoms with Crippen LogP contribution in [0.25, 0.3) is 16.8 Å². The van der Waals surface area contributed by atoms with Gasteiger partial charge in [-0.1, -0.05) is 0 Å². The molecule has 0 aliphatic heterocycles. The van der Waals surface area contributed by atoms with E-state index in [1.807, 2.05) is 0 Å². The number of nitrogens with zero attached hydrogens (tertiary/aromatic N) is 7. The van der Waals surface area contributed by atoms with Crippen LogP contribution in [0.4, 0.5) is 0 Å². The maximum Gasteiger partial charge on any atom is 0.299 e. The van der Waals surface area contributed by atoms with E-state index >= 15 is 0 Å². The molecule has 0 aliphatic rings. The van der Waals surface area contributed by atoms with Crippen molar-refractivity contribution in [1.29, 1.82) is 0 Å². The summed E-state index contributed by atoms with van der Waals surface area (Å²) in [4.78, 5) is 32.3. The lowest BCUT2D eigenvalue weighted by atomic mass is 10.3. The Labute approximate surface area is 127 Å². The molecule has 23 heavy (non-hydrogen) atoms. The van der Waals surface area contributed by atoms with Crippen molar-refractivity contribution in [2.75, 3.05) is 5.43 Å². The molecule has 0 fully saturated rings. The van der Waals surface area contributed by atoms with E-state index in [4.69, 9.17) is 0 Å². The highest BCUT2D eigenvalue weighted by Gasteiger charge is 2.12. The SMILES string of the molecule is O=C(Nn1ccc2c(nnc3ncnn32)c1=O)c1cccnc1. The number of fused-ring (bicyclic) bond motifs is 3. The number of rotatable bonds is 2. The molecule has 1 N–H and O–H groups in total. The first-order valence-corrected chi connectivity index (χ1v) is 6.53. The molecule has 0 spiro atoms. The molecule has 0 radical (unpaired) electrons. The van der Waals surface area contributed by atoms with E-state index in [0.717, 1.165) is 4.68 Å². The van der Waals surface area contributed by atoms with Crippen LogP contribution >= 0.6 is 0 Å². The summed E-state index contributed by atoms with van der Waals surface area (Å²) in [7, 11) is 0. The van der Waals surface area contributed by atoms with Crippen LogP contribution in [0.2, 0.25) is 0 Å². The Morgan fingerprint density at radius 1 is 1.22 bits per heavy atom. The molecular formula is C13H8N8O2. The Balaban J connectivity index is 1.79. The average molecular weight is 308 g/mol. The Kier molecular flexibility index (Phi) is 2.80. The highest BCUT2D eigenvalue weighted by molar-refractivity contribution is 5.99. The first-order chi connectivity index (χ1) is 11.2. The van der Waals surface area contributed by atoms with Gasteiger partial charge in [0.15, 0.2) is 5.52 Å². The summed E-state index contributed by atoms with van der Waals surface area (Å²) >= 11 is 0. The van der Waals surface area contributed by atoms with Crippen LogP contribution in [0, 0.1) is 0 Å². The van der Waals surface area contributed by atoms with E-state index in [9.17, 15) is 9.59 Å². The van der Waals surface area contributed by atoms with Crippen molar-refractivity contribution < 1.29 is 4.79 Å². The molecule has 4 aromatic heterocycles. The Morgan fingerprint density at radius 3 is 2.96 bits per heavy atom. The maximum atomic E-state index is 12.4. The quantitative estimate of drug-likeness (QED) is 0.535. The molecule has 10 nitrogen and oxygen atoms in total. The van der Waals surface area contributed by atoms with Crippen molar-refractivity contribution in [2.24, 2.45) is 0 Å². The summed E-state index contributed by atoms with van der Waals surface area (Å²) in [5.41, 5.74) is 2.80. The van der Waals surface area contributed by atoms with E-state index in [-0.39, 0.29) is 11.3 Å². The lowest BCUT2D eigenvalue weighted by Crippen LogP contribution is -2.33. The second-order valence-corrected chi connectivity index (χ2v) is 4.58. The van der Waals surface area contributed by atoms with Gasteiger partial charge >= 0.3 is 0 Å². The fourth-order valence-electron chi connectivity index (χ4n) is 2.11. The van der Waals surface area contributed by atoms with Crippen molar-refractivity contribution in [3.63, 3.8) is 0 Å². The number of amides is 1. The van der Waals surface area contributed by atoms with Crippen LogP contribution in [-0.2, 0) is 0 Å². The largest absolute Gasteiger partial charge is 0.299 e. The maximum absolute atomic E-state index is 12.4. The molecule has 0 atom stereocenters. The summed E-state index contributed by atoms with van der Waals surface area (Å²) in [6.07, 6.45) is 5.69. The third-order valence-electron chi connectivity index (χ3n) is 3.19. The molecule has 0 unspecified atom stereocenters. The molecule has 1 amide bonds. The number of carbonyl (C=O) groups is 1. The molecular weight excluding hydrogens is 300 g/mol. The summed E-state index contributed by atoms with van der Waals surface area (Å²) < 4.78 is 2.44. The van der Waals surface area contributed by atoms with Gasteiger partial charge in [-0.05, 0) is 18.2 Å². The number of carbonyl (C=O) groups excluding carboxylic acids is 1. The van der Waals surface area contributed by atoms with Gasteiger partial charge in [-0.3, -0.25) is 20.0 Å². The van der Waals surface area contributed by atoms with Crippen molar-refractivity contribution in [1.82, 2.24) is 34.5 Å². The number of aromatic nitrogens is 7. The van der Waals surface area contributed by atoms with Crippen LogP contribution in [0.15, 0.2) is 47.9 Å². The molecule has 0 aliphatic carbocycles. The molecule has 4 aromatic rings. The zero-order chi connectivity index (χ0) is 15.8. The van der Waals surface area contributed by atoms with Crippen LogP contribution < -0.4 is 11.0 Å². The van der Waals surface area contributed by atoms with Gasteiger partial charge < -0.3 is 0 Å². The molecule has 112 valence electrons. The summed E-state index contributed by atoms with van der Waals surface area (Å²) in [6.45, 7) is 0. The molecule has 0 aromatic carbocycles. The highest BCUT2D eigenvalue weighted by Crippen LogP contribution is 2.06. The molecule has 10 heteroatoms. The van der Waals surface area contributed by atoms with Crippen molar-refractivity contribution in [2.45, 2.75) is 0 Å². The minimum Gasteiger partial charge on any atom is -0.267 e. The topological polar surface area (TPSA) is 120 Å². The minimum absolute atomic E-state index is 0.0667. The van der Waals surface area contributed by atoms with Crippen molar-refractivity contribution in [3.05, 3.63) is 59.0 Å². The lowest BCUT2D eigenvalue weighted by molar-refractivity contribution is 0.101. The summed E-state index contributed by atoms with van der Waals surface area (Å²) in [5.74, 6) is -0.177. The van der Waals surface area contributed by atoms with Crippen molar-refractivity contribution >= 4 is 22.7 Å². The van der Waals surface area contributed by atoms with Gasteiger partial charge in [-0.2, -0.15) is 14.6 Å². The van der Waals surface area contributed by atoms with Crippen LogP contribution in [0.5, 0.6) is 0 Å². The fourth-order valence-corrected chi connectivity index (χ4v) is 2.11. The Hall–Kier alpha value is -3.69. The molecule has 4 heterocycles. The van der Waals surface area contributed by atoms with E-state index in [1.54, 1.807) is 24.4 Å². The van der Waals surface area contributed by atoms with E-state index in [0.29, 0.717) is 11.1 Å². The second-order valence-electron chi connectivity index (χ2n) is 4.58. The highest BCUT2D eigenvalue weighted by atomic mass is 16.2. The van der Waals surface area contributed by atoms with Crippen LogP contribution in [0.3, 0.4) is 0 Å². The number of nitrogens with one attached hydrogen (secondary N) is 1. The normalized spacial score (nSPS) is 11.0. The first kappa shape index (κ1) is 13.0. The molecule has 0 bridgehead atoms. The van der Waals surface area contributed by atoms with Gasteiger partial charge in [0.25, 0.3) is 17.2 Å². The number of hydrogen-bond acceptors (Lipinski definition) is 7. The minimum atomic E-state index is -0.523. The zero-order valence-electron chi connectivity index (χ0n) is 11.5. The third kappa shape index (κ3) is 2.09. The molecule has 0 saturated carbocycles. The monoisotopic (exact) mass is 308 g/mol. The second kappa shape index (κ2) is 4.94. The van der Waals surface area contributed by atoms with Crippen molar-refractivity contribution in [3.8, 4) is 0 Å². The average Bonchev–Trinajstić information content (AvgIpc) is 3.07. The van der Waals surface area contributed by atoms with Gasteiger partial charge in [0.05, 0.1) is 5.56 Å². The van der Waals surface area contributed by atoms with Gasteiger partial charge in [-0.15, -0.1) is 10.2 Å². The predicted molar refractivity (Wildman–Crippen MR) is 78.3 cm³/mol. The lowest BCUT2D eigenvalue weighted by Gasteiger charge is -2.08. The van der Waals surface area contributed by atoms with Gasteiger partial charge in [-0.25, -0.2) is 4.68 Å². The standard InChI is InChI=1S/C13H8N8O2/c22-11(8-2-1-4-14-6-8)19-20-5-3-9-10(12(20)23)17-18-13-15-7-16-21(9)13/h1-7H,(H,19,22). The molecule has 0 saturated heterocycles. The molecule has 4 rings (SSSR count). The van der Waals surface area contributed by atoms with Crippen LogP contribution in [-0.4, -0.2) is 40.4 Å². The van der Waals surface area contributed by atoms with Crippen LogP contribution in [0.1, 0.15) is 10.4 Å². The van der Waals surface area contributed by atoms with Gasteiger partial charge in [0.1, 0.15) is 11.8 Å². The Bertz CT molecular complexity index is 1090. The van der Waals surface area contributed by atoms with Gasteiger partial charge in [0, 0.05) is 18.6 Å². The third-order valence-corrected chi connectivity index (χ3v) is 3.19. The predicted octanol–water partition coefficient (Wildman–Crippen LogP) is -0.387.